The highest BCUT2D eigenvalue weighted by molar-refractivity contribution is 5.94. The first-order valence-corrected chi connectivity index (χ1v) is 12.1. The lowest BCUT2D eigenvalue weighted by molar-refractivity contribution is -0.0442. The Bertz CT molecular complexity index is 1100. The van der Waals surface area contributed by atoms with Gasteiger partial charge in [-0.3, -0.25) is 4.90 Å². The van der Waals surface area contributed by atoms with E-state index >= 15 is 0 Å². The molecule has 6 rings (SSSR count). The molecule has 2 aromatic carbocycles. The van der Waals surface area contributed by atoms with Gasteiger partial charge in [-0.25, -0.2) is 9.59 Å². The Labute approximate surface area is 200 Å². The van der Waals surface area contributed by atoms with Crippen molar-refractivity contribution < 1.29 is 23.8 Å². The number of ether oxygens (including phenoxy) is 3. The number of aryl methyl sites for hydroxylation is 1. The second-order valence-corrected chi connectivity index (χ2v) is 9.44. The Morgan fingerprint density at radius 2 is 1.68 bits per heavy atom. The molecule has 0 aliphatic carbocycles. The van der Waals surface area contributed by atoms with Crippen molar-refractivity contribution in [2.75, 3.05) is 45.9 Å². The maximum absolute atomic E-state index is 11.6. The molecule has 0 bridgehead atoms. The lowest BCUT2D eigenvalue weighted by atomic mass is 9.96. The zero-order valence-corrected chi connectivity index (χ0v) is 20.0. The summed E-state index contributed by atoms with van der Waals surface area (Å²) in [5, 5.41) is 0. The molecule has 1 atom stereocenters. The predicted molar refractivity (Wildman–Crippen MR) is 127 cm³/mol. The number of rotatable bonds is 3. The van der Waals surface area contributed by atoms with E-state index < -0.39 is 0 Å². The van der Waals surface area contributed by atoms with Gasteiger partial charge in [-0.2, -0.15) is 0 Å². The fourth-order valence-corrected chi connectivity index (χ4v) is 5.26. The van der Waals surface area contributed by atoms with Crippen LogP contribution in [0.25, 0.3) is 0 Å². The van der Waals surface area contributed by atoms with Crippen molar-refractivity contribution in [3.63, 3.8) is 0 Å². The molecule has 0 saturated carbocycles. The zero-order chi connectivity index (χ0) is 23.7. The third kappa shape index (κ3) is 4.60. The molecule has 0 unspecified atom stereocenters. The minimum Gasteiger partial charge on any atom is -0.457 e. The second-order valence-electron chi connectivity index (χ2n) is 9.44. The van der Waals surface area contributed by atoms with Crippen molar-refractivity contribution in [1.82, 2.24) is 9.80 Å². The van der Waals surface area contributed by atoms with Gasteiger partial charge in [0.1, 0.15) is 13.2 Å². The van der Waals surface area contributed by atoms with Crippen LogP contribution < -0.4 is 0 Å². The van der Waals surface area contributed by atoms with Crippen LogP contribution in [0, 0.1) is 13.8 Å². The van der Waals surface area contributed by atoms with Crippen molar-refractivity contribution in [2.24, 2.45) is 0 Å². The first kappa shape index (κ1) is 23.0. The van der Waals surface area contributed by atoms with Crippen LogP contribution in [0.15, 0.2) is 30.3 Å². The largest absolute Gasteiger partial charge is 0.457 e. The van der Waals surface area contributed by atoms with Gasteiger partial charge in [0, 0.05) is 49.9 Å². The molecule has 34 heavy (non-hydrogen) atoms. The minimum absolute atomic E-state index is 0.178. The van der Waals surface area contributed by atoms with Gasteiger partial charge in [0.05, 0.1) is 24.3 Å². The molecule has 180 valence electrons. The summed E-state index contributed by atoms with van der Waals surface area (Å²) in [6, 6.07) is 10.3. The van der Waals surface area contributed by atoms with E-state index in [9.17, 15) is 9.59 Å². The van der Waals surface area contributed by atoms with E-state index in [0.717, 1.165) is 80.2 Å². The highest BCUT2D eigenvalue weighted by Crippen LogP contribution is 2.26. The maximum atomic E-state index is 11.6. The number of fused-ring (bicyclic) bond motifs is 3. The smallest absolute Gasteiger partial charge is 0.338 e. The summed E-state index contributed by atoms with van der Waals surface area (Å²) in [6.45, 7) is 12.3. The van der Waals surface area contributed by atoms with Crippen LogP contribution in [-0.2, 0) is 33.8 Å². The summed E-state index contributed by atoms with van der Waals surface area (Å²) in [5.74, 6) is -0.369. The fraction of sp³-hybridized carbons (Fsp3) is 0.481. The van der Waals surface area contributed by atoms with Crippen molar-refractivity contribution in [3.05, 3.63) is 69.3 Å². The Morgan fingerprint density at radius 3 is 2.47 bits per heavy atom. The van der Waals surface area contributed by atoms with Crippen molar-refractivity contribution in [2.45, 2.75) is 39.5 Å². The van der Waals surface area contributed by atoms with Crippen molar-refractivity contribution in [3.8, 4) is 0 Å². The first-order valence-electron chi connectivity index (χ1n) is 12.1. The zero-order valence-electron chi connectivity index (χ0n) is 20.0. The summed E-state index contributed by atoms with van der Waals surface area (Å²) in [4.78, 5) is 27.7. The third-order valence-electron chi connectivity index (χ3n) is 7.48. The molecule has 7 nitrogen and oxygen atoms in total. The SMILES string of the molecule is Cc1c(CCN2CCN3CCOC[C@@H]3C2)ccc2c1COC2=O.Cc1cccc2c1COC2=O. The number of esters is 2. The molecular formula is C27H32N2O5. The van der Waals surface area contributed by atoms with E-state index in [4.69, 9.17) is 14.2 Å². The van der Waals surface area contributed by atoms with Gasteiger partial charge >= 0.3 is 11.9 Å². The Kier molecular flexibility index (Phi) is 6.68. The molecule has 4 heterocycles. The van der Waals surface area contributed by atoms with E-state index in [1.54, 1.807) is 6.07 Å². The van der Waals surface area contributed by atoms with Gasteiger partial charge in [0.25, 0.3) is 0 Å². The third-order valence-corrected chi connectivity index (χ3v) is 7.48. The monoisotopic (exact) mass is 464 g/mol. The molecular weight excluding hydrogens is 432 g/mol. The Morgan fingerprint density at radius 1 is 0.912 bits per heavy atom. The number of nitrogens with zero attached hydrogens (tertiary/aromatic N) is 2. The Balaban J connectivity index is 0.000000183. The Hall–Kier alpha value is -2.74. The number of carbonyl (C=O) groups excluding carboxylic acids is 2. The quantitative estimate of drug-likeness (QED) is 0.647. The second kappa shape index (κ2) is 9.86. The van der Waals surface area contributed by atoms with Crippen molar-refractivity contribution in [1.29, 1.82) is 0 Å². The fourth-order valence-electron chi connectivity index (χ4n) is 5.26. The first-order chi connectivity index (χ1) is 16.5. The summed E-state index contributed by atoms with van der Waals surface area (Å²) < 4.78 is 15.6. The molecule has 0 amide bonds. The van der Waals surface area contributed by atoms with Gasteiger partial charge < -0.3 is 19.1 Å². The number of cyclic esters (lactones) is 2. The van der Waals surface area contributed by atoms with Crippen LogP contribution in [0.5, 0.6) is 0 Å². The number of hydrogen-bond acceptors (Lipinski definition) is 7. The van der Waals surface area contributed by atoms with Gasteiger partial charge in [0.2, 0.25) is 0 Å². The van der Waals surface area contributed by atoms with Gasteiger partial charge in [-0.15, -0.1) is 0 Å². The van der Waals surface area contributed by atoms with Crippen molar-refractivity contribution >= 4 is 11.9 Å². The highest BCUT2D eigenvalue weighted by Gasteiger charge is 2.29. The summed E-state index contributed by atoms with van der Waals surface area (Å²) >= 11 is 0. The molecule has 4 aliphatic heterocycles. The van der Waals surface area contributed by atoms with E-state index in [2.05, 4.69) is 22.8 Å². The molecule has 0 radical (unpaired) electrons. The maximum Gasteiger partial charge on any atom is 0.338 e. The molecule has 2 fully saturated rings. The predicted octanol–water partition coefficient (Wildman–Crippen LogP) is 2.89. The lowest BCUT2D eigenvalue weighted by Gasteiger charge is -2.43. The number of carbonyl (C=O) groups is 2. The van der Waals surface area contributed by atoms with Gasteiger partial charge in [-0.1, -0.05) is 18.2 Å². The average molecular weight is 465 g/mol. The van der Waals surface area contributed by atoms with Crippen LogP contribution in [0.3, 0.4) is 0 Å². The molecule has 2 saturated heterocycles. The molecule has 4 aliphatic rings. The van der Waals surface area contributed by atoms with Crippen LogP contribution in [0.2, 0.25) is 0 Å². The molecule has 0 spiro atoms. The van der Waals surface area contributed by atoms with Gasteiger partial charge in [-0.05, 0) is 49.1 Å². The average Bonchev–Trinajstić information content (AvgIpc) is 3.43. The summed E-state index contributed by atoms with van der Waals surface area (Å²) in [5.41, 5.74) is 7.30. The normalized spacial score (nSPS) is 21.6. The number of morpholine rings is 1. The molecule has 2 aromatic rings. The van der Waals surface area contributed by atoms with E-state index in [1.807, 2.05) is 25.1 Å². The van der Waals surface area contributed by atoms with Crippen LogP contribution >= 0.6 is 0 Å². The van der Waals surface area contributed by atoms with Crippen LogP contribution in [0.1, 0.15) is 48.5 Å². The lowest BCUT2D eigenvalue weighted by Crippen LogP contribution is -2.58. The minimum atomic E-state index is -0.191. The standard InChI is InChI=1S/C18H24N2O3.C9H8O2/c1-13-14(2-3-16-17(13)12-23-18(16)21)4-5-19-6-7-20-8-9-22-11-15(20)10-19;1-6-3-2-4-7-8(6)5-11-9(7)10/h2-3,15H,4-12H2,1H3;2-4H,5H2,1H3/t15-;/m0./s1. The van der Waals surface area contributed by atoms with Crippen LogP contribution in [-0.4, -0.2) is 73.7 Å². The molecule has 0 N–H and O–H groups in total. The molecule has 7 heteroatoms. The number of piperazine rings is 1. The number of benzene rings is 2. The van der Waals surface area contributed by atoms with E-state index in [0.29, 0.717) is 19.3 Å². The summed E-state index contributed by atoms with van der Waals surface area (Å²) in [7, 11) is 0. The van der Waals surface area contributed by atoms with Crippen LogP contribution in [0.4, 0.5) is 0 Å². The van der Waals surface area contributed by atoms with E-state index in [-0.39, 0.29) is 11.9 Å². The molecule has 0 aromatic heterocycles. The number of hydrogen-bond donors (Lipinski definition) is 0. The highest BCUT2D eigenvalue weighted by atomic mass is 16.5. The van der Waals surface area contributed by atoms with Gasteiger partial charge in [0.15, 0.2) is 0 Å². The van der Waals surface area contributed by atoms with E-state index in [1.165, 1.54) is 11.1 Å². The topological polar surface area (TPSA) is 68.3 Å². The summed E-state index contributed by atoms with van der Waals surface area (Å²) in [6.07, 6.45) is 1.03.